The highest BCUT2D eigenvalue weighted by atomic mass is 79.9. The number of rotatable bonds is 5. The van der Waals surface area contributed by atoms with Crippen molar-refractivity contribution in [3.63, 3.8) is 0 Å². The number of aromatic hydroxyl groups is 1. The molecule has 34 heavy (non-hydrogen) atoms. The number of pyridine rings is 1. The van der Waals surface area contributed by atoms with Crippen LogP contribution in [-0.2, 0) is 5.54 Å². The van der Waals surface area contributed by atoms with Gasteiger partial charge in [0.05, 0.1) is 17.6 Å². The fraction of sp³-hybridized carbons (Fsp3) is 0.167. The summed E-state index contributed by atoms with van der Waals surface area (Å²) in [4.78, 5) is 13.0. The molecule has 1 aliphatic rings. The van der Waals surface area contributed by atoms with Crippen LogP contribution in [0, 0.1) is 6.92 Å². The standard InChI is InChI=1S/C24H22BrN7O2/c1-14-18(22(34)32(30-14)17-5-3-10-26-13-17)19(15-6-8-16(25)9-7-15)20-21(33)29-31-24(20,2)23-27-11-4-12-28-23/h3-13,19,29,31,33-34H,1-2H3. The Labute approximate surface area is 204 Å². The second-order valence-corrected chi connectivity index (χ2v) is 9.06. The molecule has 4 aromatic rings. The minimum absolute atomic E-state index is 0.0399. The zero-order valence-corrected chi connectivity index (χ0v) is 20.0. The molecule has 5 rings (SSSR count). The number of aromatic nitrogens is 5. The van der Waals surface area contributed by atoms with E-state index in [0.717, 1.165) is 10.0 Å². The van der Waals surface area contributed by atoms with Gasteiger partial charge in [0.25, 0.3) is 0 Å². The molecular weight excluding hydrogens is 498 g/mol. The van der Waals surface area contributed by atoms with Gasteiger partial charge in [0, 0.05) is 40.1 Å². The normalized spacial score (nSPS) is 18.7. The van der Waals surface area contributed by atoms with Gasteiger partial charge in [-0.2, -0.15) is 9.78 Å². The summed E-state index contributed by atoms with van der Waals surface area (Å²) in [5.74, 6) is -0.201. The Bertz CT molecular complexity index is 1360. The van der Waals surface area contributed by atoms with Crippen molar-refractivity contribution < 1.29 is 10.2 Å². The lowest BCUT2D eigenvalue weighted by Gasteiger charge is -2.30. The molecule has 0 fully saturated rings. The predicted molar refractivity (Wildman–Crippen MR) is 129 cm³/mol. The van der Waals surface area contributed by atoms with E-state index in [1.807, 2.05) is 44.2 Å². The largest absolute Gasteiger partial charge is 0.494 e. The molecule has 4 heterocycles. The SMILES string of the molecule is Cc1nn(-c2cccnc2)c(O)c1C(C1=C(O)NNC1(C)c1ncccn1)c1ccc(Br)cc1. The number of halogens is 1. The summed E-state index contributed by atoms with van der Waals surface area (Å²) in [7, 11) is 0. The van der Waals surface area contributed by atoms with Gasteiger partial charge in [-0.05, 0) is 49.7 Å². The smallest absolute Gasteiger partial charge is 0.218 e. The molecule has 1 aliphatic heterocycles. The molecule has 3 aromatic heterocycles. The fourth-order valence-electron chi connectivity index (χ4n) is 4.37. The molecule has 2 atom stereocenters. The lowest BCUT2D eigenvalue weighted by atomic mass is 9.76. The van der Waals surface area contributed by atoms with E-state index < -0.39 is 11.5 Å². The number of hydrogen-bond acceptors (Lipinski definition) is 8. The molecule has 0 aliphatic carbocycles. The van der Waals surface area contributed by atoms with Gasteiger partial charge >= 0.3 is 0 Å². The van der Waals surface area contributed by atoms with Crippen LogP contribution in [0.2, 0.25) is 0 Å². The third-order valence-corrected chi connectivity index (χ3v) is 6.52. The van der Waals surface area contributed by atoms with E-state index in [-0.39, 0.29) is 11.8 Å². The van der Waals surface area contributed by atoms with E-state index in [1.54, 1.807) is 36.9 Å². The predicted octanol–water partition coefficient (Wildman–Crippen LogP) is 3.76. The quantitative estimate of drug-likeness (QED) is 0.314. The highest BCUT2D eigenvalue weighted by Gasteiger charge is 2.47. The number of nitrogens with zero attached hydrogens (tertiary/aromatic N) is 5. The first kappa shape index (κ1) is 22.1. The van der Waals surface area contributed by atoms with Gasteiger partial charge in [0.1, 0.15) is 5.54 Å². The molecule has 172 valence electrons. The number of hydrogen-bond donors (Lipinski definition) is 4. The first-order chi connectivity index (χ1) is 16.4. The van der Waals surface area contributed by atoms with Crippen LogP contribution >= 0.6 is 15.9 Å². The molecule has 1 aromatic carbocycles. The maximum atomic E-state index is 11.4. The third kappa shape index (κ3) is 3.61. The molecule has 2 unspecified atom stereocenters. The summed E-state index contributed by atoms with van der Waals surface area (Å²) in [6.07, 6.45) is 6.59. The lowest BCUT2D eigenvalue weighted by Crippen LogP contribution is -2.44. The van der Waals surface area contributed by atoms with E-state index in [2.05, 4.69) is 46.8 Å². The maximum Gasteiger partial charge on any atom is 0.218 e. The highest BCUT2D eigenvalue weighted by molar-refractivity contribution is 9.10. The highest BCUT2D eigenvalue weighted by Crippen LogP contribution is 2.47. The molecular formula is C24H22BrN7O2. The first-order valence-corrected chi connectivity index (χ1v) is 11.4. The molecule has 10 heteroatoms. The van der Waals surface area contributed by atoms with E-state index in [1.165, 1.54) is 4.68 Å². The van der Waals surface area contributed by atoms with Crippen LogP contribution in [0.1, 0.15) is 35.5 Å². The summed E-state index contributed by atoms with van der Waals surface area (Å²) in [5.41, 5.74) is 8.20. The van der Waals surface area contributed by atoms with Crippen LogP contribution in [0.25, 0.3) is 5.69 Å². The number of aryl methyl sites for hydroxylation is 1. The van der Waals surface area contributed by atoms with E-state index >= 15 is 0 Å². The van der Waals surface area contributed by atoms with Gasteiger partial charge < -0.3 is 10.2 Å². The van der Waals surface area contributed by atoms with Crippen molar-refractivity contribution in [2.24, 2.45) is 0 Å². The van der Waals surface area contributed by atoms with Gasteiger partial charge in [-0.25, -0.2) is 15.4 Å². The zero-order chi connectivity index (χ0) is 23.9. The van der Waals surface area contributed by atoms with Gasteiger partial charge in [0.15, 0.2) is 5.82 Å². The summed E-state index contributed by atoms with van der Waals surface area (Å²) in [6.45, 7) is 3.72. The molecule has 0 bridgehead atoms. The first-order valence-electron chi connectivity index (χ1n) is 10.6. The Morgan fingerprint density at radius 2 is 1.76 bits per heavy atom. The second kappa shape index (κ2) is 8.54. The molecule has 0 amide bonds. The van der Waals surface area contributed by atoms with E-state index in [9.17, 15) is 10.2 Å². The van der Waals surface area contributed by atoms with Crippen molar-refractivity contribution in [1.29, 1.82) is 0 Å². The minimum atomic E-state index is -0.974. The summed E-state index contributed by atoms with van der Waals surface area (Å²) >= 11 is 3.49. The van der Waals surface area contributed by atoms with Crippen molar-refractivity contribution in [1.82, 2.24) is 35.6 Å². The van der Waals surface area contributed by atoms with Gasteiger partial charge in [0.2, 0.25) is 11.8 Å². The van der Waals surface area contributed by atoms with Crippen LogP contribution in [-0.4, -0.2) is 34.9 Å². The van der Waals surface area contributed by atoms with Crippen molar-refractivity contribution in [3.05, 3.63) is 106 Å². The maximum absolute atomic E-state index is 11.4. The van der Waals surface area contributed by atoms with Crippen LogP contribution in [0.5, 0.6) is 5.88 Å². The molecule has 0 saturated carbocycles. The number of aliphatic hydroxyl groups excluding tert-OH is 1. The van der Waals surface area contributed by atoms with E-state index in [4.69, 9.17) is 0 Å². The number of aliphatic hydroxyl groups is 1. The third-order valence-electron chi connectivity index (χ3n) is 5.99. The van der Waals surface area contributed by atoms with Crippen LogP contribution in [0.3, 0.4) is 0 Å². The average Bonchev–Trinajstić information content (AvgIpc) is 3.33. The van der Waals surface area contributed by atoms with Gasteiger partial charge in [-0.1, -0.05) is 28.1 Å². The monoisotopic (exact) mass is 519 g/mol. The zero-order valence-electron chi connectivity index (χ0n) is 18.4. The Balaban J connectivity index is 1.75. The Hall–Kier alpha value is -3.76. The topological polar surface area (TPSA) is 121 Å². The van der Waals surface area contributed by atoms with Crippen LogP contribution in [0.4, 0.5) is 0 Å². The molecule has 9 nitrogen and oxygen atoms in total. The Morgan fingerprint density at radius 3 is 2.44 bits per heavy atom. The lowest BCUT2D eigenvalue weighted by molar-refractivity contribution is 0.342. The molecule has 0 saturated heterocycles. The second-order valence-electron chi connectivity index (χ2n) is 8.14. The van der Waals surface area contributed by atoms with Gasteiger partial charge in [-0.15, -0.1) is 0 Å². The number of nitrogens with one attached hydrogen (secondary N) is 2. The summed E-state index contributed by atoms with van der Waals surface area (Å²) in [6, 6.07) is 13.1. The molecule has 4 N–H and O–H groups in total. The summed E-state index contributed by atoms with van der Waals surface area (Å²) in [5, 5.41) is 27.1. The van der Waals surface area contributed by atoms with Crippen molar-refractivity contribution >= 4 is 15.9 Å². The van der Waals surface area contributed by atoms with Crippen molar-refractivity contribution in [3.8, 4) is 11.6 Å². The van der Waals surface area contributed by atoms with Gasteiger partial charge in [-0.3, -0.25) is 10.4 Å². The fourth-order valence-corrected chi connectivity index (χ4v) is 4.64. The Morgan fingerprint density at radius 1 is 1.03 bits per heavy atom. The van der Waals surface area contributed by atoms with Crippen molar-refractivity contribution in [2.45, 2.75) is 25.3 Å². The summed E-state index contributed by atoms with van der Waals surface area (Å²) < 4.78 is 2.37. The van der Waals surface area contributed by atoms with Crippen LogP contribution in [0.15, 0.2) is 83.2 Å². The Kier molecular flexibility index (Phi) is 5.54. The number of hydrazine groups is 1. The van der Waals surface area contributed by atoms with E-state index in [0.29, 0.717) is 28.3 Å². The average molecular weight is 520 g/mol. The molecule has 0 spiro atoms. The molecule has 0 radical (unpaired) electrons. The van der Waals surface area contributed by atoms with Crippen molar-refractivity contribution in [2.75, 3.05) is 0 Å². The van der Waals surface area contributed by atoms with Crippen LogP contribution < -0.4 is 10.9 Å². The minimum Gasteiger partial charge on any atom is -0.494 e. The number of benzene rings is 1.